The maximum Gasteiger partial charge on any atom is 0.455 e. The molecule has 0 aromatic carbocycles. The molecule has 0 aliphatic rings. The van der Waals surface area contributed by atoms with Gasteiger partial charge in [0.15, 0.2) is 5.69 Å². The Morgan fingerprint density at radius 3 is 2.31 bits per heavy atom. The van der Waals surface area contributed by atoms with Crippen molar-refractivity contribution in [3.63, 3.8) is 0 Å². The Labute approximate surface area is 157 Å². The van der Waals surface area contributed by atoms with Crippen LogP contribution in [0.25, 0.3) is 16.1 Å². The number of hydrogen-bond acceptors (Lipinski definition) is 6. The molecule has 0 saturated heterocycles. The zero-order valence-corrected chi connectivity index (χ0v) is 14.4. The predicted molar refractivity (Wildman–Crippen MR) is 80.3 cm³/mol. The number of rotatable bonds is 4. The van der Waals surface area contributed by atoms with E-state index in [2.05, 4.69) is 15.2 Å². The molecule has 0 aliphatic heterocycles. The topological polar surface area (TPSA) is 85.3 Å². The first-order valence-electron chi connectivity index (χ1n) is 7.33. The smallest absolute Gasteiger partial charge is 0.389 e. The number of aliphatic hydroxyl groups is 1. The molecule has 0 radical (unpaired) electrons. The zero-order valence-electron chi connectivity index (χ0n) is 13.6. The molecule has 0 saturated carbocycles. The van der Waals surface area contributed by atoms with E-state index in [0.29, 0.717) is 28.2 Å². The lowest BCUT2D eigenvalue weighted by Gasteiger charge is -2.19. The normalized spacial score (nSPS) is 13.4. The highest BCUT2D eigenvalue weighted by Gasteiger charge is 2.57. The molecule has 29 heavy (non-hydrogen) atoms. The molecule has 0 fully saturated rings. The molecule has 16 heteroatoms. The average molecular weight is 449 g/mol. The van der Waals surface area contributed by atoms with Crippen molar-refractivity contribution in [1.29, 1.82) is 0 Å². The van der Waals surface area contributed by atoms with E-state index in [-0.39, 0.29) is 9.69 Å². The van der Waals surface area contributed by atoms with Gasteiger partial charge in [-0.1, -0.05) is 11.3 Å². The lowest BCUT2D eigenvalue weighted by Crippen LogP contribution is -2.40. The standard InChI is InChI=1S/C13H7F8N5O2S/c14-11(15,13(19,20)21)4-25-2-5(1-22-25)7-8(12(16,17)18)23-10-26(9(7)28)24-6(3-27)29-10/h1-2,27H,3-4H2. The van der Waals surface area contributed by atoms with E-state index in [1.54, 1.807) is 0 Å². The van der Waals surface area contributed by atoms with E-state index in [9.17, 15) is 39.9 Å². The quantitative estimate of drug-likeness (QED) is 0.620. The van der Waals surface area contributed by atoms with Crippen LogP contribution in [0.1, 0.15) is 10.7 Å². The van der Waals surface area contributed by atoms with Gasteiger partial charge in [-0.05, 0) is 0 Å². The van der Waals surface area contributed by atoms with Crippen LogP contribution in [-0.2, 0) is 19.3 Å². The molecule has 3 rings (SSSR count). The van der Waals surface area contributed by atoms with E-state index >= 15 is 0 Å². The second-order valence-corrected chi connectivity index (χ2v) is 6.66. The minimum atomic E-state index is -5.91. The zero-order chi connectivity index (χ0) is 21.8. The maximum absolute atomic E-state index is 13.4. The molecule has 0 aliphatic carbocycles. The molecule has 1 N–H and O–H groups in total. The Morgan fingerprint density at radius 1 is 1.10 bits per heavy atom. The number of hydrogen-bond donors (Lipinski definition) is 1. The van der Waals surface area contributed by atoms with Gasteiger partial charge in [-0.3, -0.25) is 9.48 Å². The molecule has 0 unspecified atom stereocenters. The minimum Gasteiger partial charge on any atom is -0.389 e. The number of nitrogens with zero attached hydrogens (tertiary/aromatic N) is 5. The third-order valence-corrected chi connectivity index (χ3v) is 4.45. The summed E-state index contributed by atoms with van der Waals surface area (Å²) in [6.07, 6.45) is -10.1. The van der Waals surface area contributed by atoms with Crippen LogP contribution in [0.5, 0.6) is 0 Å². The third-order valence-electron chi connectivity index (χ3n) is 3.55. The molecular weight excluding hydrogens is 442 g/mol. The van der Waals surface area contributed by atoms with Gasteiger partial charge in [-0.25, -0.2) is 4.98 Å². The largest absolute Gasteiger partial charge is 0.455 e. The lowest BCUT2D eigenvalue weighted by molar-refractivity contribution is -0.287. The summed E-state index contributed by atoms with van der Waals surface area (Å²) >= 11 is 0.507. The Kier molecular flexibility index (Phi) is 4.89. The summed E-state index contributed by atoms with van der Waals surface area (Å²) in [7, 11) is 0. The highest BCUT2D eigenvalue weighted by molar-refractivity contribution is 7.16. The fraction of sp³-hybridized carbons (Fsp3) is 0.385. The van der Waals surface area contributed by atoms with Gasteiger partial charge in [0, 0.05) is 11.8 Å². The minimum absolute atomic E-state index is 0.0669. The van der Waals surface area contributed by atoms with Crippen molar-refractivity contribution in [1.82, 2.24) is 24.4 Å². The molecule has 0 atom stereocenters. The Morgan fingerprint density at radius 2 is 1.76 bits per heavy atom. The molecular formula is C13H7F8N5O2S. The highest BCUT2D eigenvalue weighted by Crippen LogP contribution is 2.38. The van der Waals surface area contributed by atoms with Crippen LogP contribution in [0, 0.1) is 0 Å². The monoisotopic (exact) mass is 449 g/mol. The van der Waals surface area contributed by atoms with Gasteiger partial charge < -0.3 is 5.11 Å². The Balaban J connectivity index is 2.16. The molecule has 158 valence electrons. The number of alkyl halides is 8. The van der Waals surface area contributed by atoms with Gasteiger partial charge in [0.25, 0.3) is 5.56 Å². The van der Waals surface area contributed by atoms with Crippen LogP contribution in [0.3, 0.4) is 0 Å². The van der Waals surface area contributed by atoms with Crippen molar-refractivity contribution in [2.75, 3.05) is 0 Å². The molecule has 3 aromatic heterocycles. The van der Waals surface area contributed by atoms with Crippen molar-refractivity contribution in [2.24, 2.45) is 0 Å². The number of aliphatic hydroxyl groups excluding tert-OH is 1. The first kappa shape index (κ1) is 21.1. The first-order chi connectivity index (χ1) is 13.2. The molecule has 3 aromatic rings. The predicted octanol–water partition coefficient (Wildman–Crippen LogP) is 2.72. The fourth-order valence-corrected chi connectivity index (χ4v) is 3.03. The SMILES string of the molecule is O=c1c(-c2cnn(CC(F)(F)C(F)(F)F)c2)c(C(F)(F)F)nc2sc(CO)nn12. The van der Waals surface area contributed by atoms with E-state index in [4.69, 9.17) is 5.11 Å². The summed E-state index contributed by atoms with van der Waals surface area (Å²) in [4.78, 5) is 15.3. The average Bonchev–Trinajstić information content (AvgIpc) is 3.19. The summed E-state index contributed by atoms with van der Waals surface area (Å²) in [5, 5.41) is 15.7. The highest BCUT2D eigenvalue weighted by atomic mass is 32.1. The second kappa shape index (κ2) is 6.72. The van der Waals surface area contributed by atoms with Gasteiger partial charge >= 0.3 is 18.3 Å². The summed E-state index contributed by atoms with van der Waals surface area (Å²) < 4.78 is 104. The summed E-state index contributed by atoms with van der Waals surface area (Å²) in [6, 6.07) is 0. The second-order valence-electron chi connectivity index (χ2n) is 5.62. The first-order valence-corrected chi connectivity index (χ1v) is 8.14. The van der Waals surface area contributed by atoms with Gasteiger partial charge in [0.1, 0.15) is 11.6 Å². The van der Waals surface area contributed by atoms with Gasteiger partial charge in [-0.15, -0.1) is 0 Å². The van der Waals surface area contributed by atoms with Gasteiger partial charge in [0.05, 0.1) is 18.4 Å². The van der Waals surface area contributed by atoms with Crippen molar-refractivity contribution in [3.05, 3.63) is 33.4 Å². The number of halogens is 8. The van der Waals surface area contributed by atoms with Crippen molar-refractivity contribution in [3.8, 4) is 11.1 Å². The van der Waals surface area contributed by atoms with Gasteiger partial charge in [0.2, 0.25) is 4.96 Å². The van der Waals surface area contributed by atoms with Crippen molar-refractivity contribution >= 4 is 16.3 Å². The number of fused-ring (bicyclic) bond motifs is 1. The van der Waals surface area contributed by atoms with Crippen LogP contribution in [-0.4, -0.2) is 41.6 Å². The van der Waals surface area contributed by atoms with Crippen LogP contribution < -0.4 is 5.56 Å². The van der Waals surface area contributed by atoms with Crippen molar-refractivity contribution in [2.45, 2.75) is 31.4 Å². The fourth-order valence-electron chi connectivity index (χ4n) is 2.29. The summed E-state index contributed by atoms with van der Waals surface area (Å²) in [5.74, 6) is -5.20. The van der Waals surface area contributed by atoms with E-state index in [0.717, 1.165) is 0 Å². The molecule has 7 nitrogen and oxygen atoms in total. The van der Waals surface area contributed by atoms with E-state index in [1.807, 2.05) is 0 Å². The lowest BCUT2D eigenvalue weighted by atomic mass is 10.1. The van der Waals surface area contributed by atoms with Crippen LogP contribution in [0.2, 0.25) is 0 Å². The number of aromatic nitrogens is 5. The van der Waals surface area contributed by atoms with Crippen LogP contribution in [0.15, 0.2) is 17.2 Å². The Hall–Kier alpha value is -2.62. The van der Waals surface area contributed by atoms with E-state index in [1.165, 1.54) is 0 Å². The van der Waals surface area contributed by atoms with Crippen LogP contribution in [0.4, 0.5) is 35.1 Å². The summed E-state index contributed by atoms with van der Waals surface area (Å²) in [5.41, 5.74) is -4.87. The molecule has 0 amide bonds. The van der Waals surface area contributed by atoms with Crippen molar-refractivity contribution < 1.29 is 40.2 Å². The maximum atomic E-state index is 13.4. The molecule has 0 spiro atoms. The third kappa shape index (κ3) is 3.81. The molecule has 3 heterocycles. The summed E-state index contributed by atoms with van der Waals surface area (Å²) in [6.45, 7) is -2.69. The van der Waals surface area contributed by atoms with Crippen LogP contribution >= 0.6 is 11.3 Å². The Bertz CT molecular complexity index is 1110. The van der Waals surface area contributed by atoms with E-state index < -0.39 is 58.8 Å². The van der Waals surface area contributed by atoms with Gasteiger partial charge in [-0.2, -0.15) is 49.8 Å². The molecule has 0 bridgehead atoms.